The van der Waals surface area contributed by atoms with E-state index in [1.165, 1.54) is 0 Å². The average molecular weight is 411 g/mol. The number of aromatic nitrogens is 3. The predicted octanol–water partition coefficient (Wildman–Crippen LogP) is -0.932. The van der Waals surface area contributed by atoms with E-state index in [-0.39, 0.29) is 12.6 Å². The highest BCUT2D eigenvalue weighted by Crippen LogP contribution is 2.19. The van der Waals surface area contributed by atoms with Crippen molar-refractivity contribution < 1.29 is 14.3 Å². The number of ether oxygens (including phenoxy) is 2. The van der Waals surface area contributed by atoms with Gasteiger partial charge in [-0.15, -0.1) is 0 Å². The number of anilines is 2. The summed E-state index contributed by atoms with van der Waals surface area (Å²) < 4.78 is 11.0. The number of likely N-dealkylation sites (N-methyl/N-ethyl adjacent to an activating group) is 1. The minimum atomic E-state index is -0.464. The molecular formula is C18H34N8O3. The molecule has 1 atom stereocenters. The van der Waals surface area contributed by atoms with Crippen LogP contribution in [0, 0.1) is 0 Å². The van der Waals surface area contributed by atoms with Gasteiger partial charge in [-0.1, -0.05) is 6.92 Å². The summed E-state index contributed by atoms with van der Waals surface area (Å²) >= 11 is 0. The number of carbonyl (C=O) groups excluding carboxylic acids is 1. The van der Waals surface area contributed by atoms with Gasteiger partial charge in [-0.2, -0.15) is 15.0 Å². The topological polar surface area (TPSA) is 136 Å². The molecule has 1 unspecified atom stereocenters. The highest BCUT2D eigenvalue weighted by molar-refractivity contribution is 5.78. The third-order valence-corrected chi connectivity index (χ3v) is 4.86. The smallest absolute Gasteiger partial charge is 0.323 e. The molecule has 2 heterocycles. The molecule has 4 N–H and O–H groups in total. The number of rotatable bonds is 12. The minimum absolute atomic E-state index is 0.00426. The van der Waals surface area contributed by atoms with Crippen molar-refractivity contribution in [3.05, 3.63) is 0 Å². The van der Waals surface area contributed by atoms with E-state index in [4.69, 9.17) is 20.9 Å². The zero-order chi connectivity index (χ0) is 21.2. The Morgan fingerprint density at radius 3 is 2.52 bits per heavy atom. The number of nitrogens with zero attached hydrogens (tertiary/aromatic N) is 6. The monoisotopic (exact) mass is 410 g/mol. The second-order valence-electron chi connectivity index (χ2n) is 7.07. The molecule has 1 aromatic rings. The molecule has 29 heavy (non-hydrogen) atoms. The lowest BCUT2D eigenvalue weighted by atomic mass is 10.2. The molecule has 1 saturated heterocycles. The molecule has 1 aromatic heterocycles. The van der Waals surface area contributed by atoms with Crippen molar-refractivity contribution in [3.8, 4) is 6.01 Å². The van der Waals surface area contributed by atoms with Crippen molar-refractivity contribution in [2.45, 2.75) is 26.3 Å². The number of hydrogen-bond donors (Lipinski definition) is 2. The maximum absolute atomic E-state index is 11.3. The normalized spacial score (nSPS) is 15.9. The van der Waals surface area contributed by atoms with E-state index >= 15 is 0 Å². The van der Waals surface area contributed by atoms with Gasteiger partial charge in [0.2, 0.25) is 17.8 Å². The quantitative estimate of drug-likeness (QED) is 0.416. The minimum Gasteiger partial charge on any atom is -0.461 e. The number of nitrogens with two attached hydrogens (primary N) is 2. The molecule has 0 saturated carbocycles. The first kappa shape index (κ1) is 23.0. The summed E-state index contributed by atoms with van der Waals surface area (Å²) in [5.74, 6) is 0.415. The number of hydrogen-bond acceptors (Lipinski definition) is 10. The van der Waals surface area contributed by atoms with Crippen molar-refractivity contribution in [3.63, 3.8) is 0 Å². The maximum Gasteiger partial charge on any atom is 0.323 e. The molecule has 0 aromatic carbocycles. The predicted molar refractivity (Wildman–Crippen MR) is 111 cm³/mol. The van der Waals surface area contributed by atoms with Crippen LogP contribution in [0.1, 0.15) is 20.3 Å². The van der Waals surface area contributed by atoms with Gasteiger partial charge in [0.1, 0.15) is 6.61 Å². The van der Waals surface area contributed by atoms with Gasteiger partial charge >= 0.3 is 6.01 Å². The molecule has 1 amide bonds. The molecule has 2 rings (SSSR count). The maximum atomic E-state index is 11.3. The van der Waals surface area contributed by atoms with Gasteiger partial charge in [-0.3, -0.25) is 9.69 Å². The summed E-state index contributed by atoms with van der Waals surface area (Å²) in [6.45, 7) is 9.57. The Bertz CT molecular complexity index is 640. The third kappa shape index (κ3) is 7.26. The first-order chi connectivity index (χ1) is 13.9. The Morgan fingerprint density at radius 1 is 1.17 bits per heavy atom. The van der Waals surface area contributed by atoms with E-state index < -0.39 is 5.91 Å². The molecular weight excluding hydrogens is 376 g/mol. The SMILES string of the molecule is CCC(C)N1CCN(c2nc(OCCOCCN)nc(N(C)CC(N)=O)n2)CC1. The molecule has 11 nitrogen and oxygen atoms in total. The summed E-state index contributed by atoms with van der Waals surface area (Å²) in [5, 5.41) is 0. The van der Waals surface area contributed by atoms with Crippen molar-refractivity contribution in [1.82, 2.24) is 19.9 Å². The van der Waals surface area contributed by atoms with E-state index in [1.807, 2.05) is 0 Å². The zero-order valence-electron chi connectivity index (χ0n) is 17.7. The summed E-state index contributed by atoms with van der Waals surface area (Å²) in [7, 11) is 1.71. The van der Waals surface area contributed by atoms with Crippen molar-refractivity contribution in [2.75, 3.05) is 75.9 Å². The number of primary amides is 1. The van der Waals surface area contributed by atoms with Crippen molar-refractivity contribution in [2.24, 2.45) is 11.5 Å². The van der Waals surface area contributed by atoms with Crippen LogP contribution in [0.25, 0.3) is 0 Å². The Hall–Kier alpha value is -2.24. The van der Waals surface area contributed by atoms with Crippen molar-refractivity contribution in [1.29, 1.82) is 0 Å². The van der Waals surface area contributed by atoms with Crippen LogP contribution in [-0.2, 0) is 9.53 Å². The van der Waals surface area contributed by atoms with Crippen LogP contribution >= 0.6 is 0 Å². The van der Waals surface area contributed by atoms with Crippen molar-refractivity contribution >= 4 is 17.8 Å². The van der Waals surface area contributed by atoms with Gasteiger partial charge in [-0.05, 0) is 13.3 Å². The van der Waals surface area contributed by atoms with Crippen LogP contribution in [0.4, 0.5) is 11.9 Å². The van der Waals surface area contributed by atoms with E-state index in [0.717, 1.165) is 32.6 Å². The third-order valence-electron chi connectivity index (χ3n) is 4.86. The lowest BCUT2D eigenvalue weighted by Crippen LogP contribution is -2.50. The molecule has 11 heteroatoms. The fourth-order valence-electron chi connectivity index (χ4n) is 3.01. The van der Waals surface area contributed by atoms with Crippen LogP contribution in [0.15, 0.2) is 0 Å². The van der Waals surface area contributed by atoms with Gasteiger partial charge < -0.3 is 30.7 Å². The fourth-order valence-corrected chi connectivity index (χ4v) is 3.01. The summed E-state index contributed by atoms with van der Waals surface area (Å²) in [4.78, 5) is 30.8. The Balaban J connectivity index is 2.10. The lowest BCUT2D eigenvalue weighted by Gasteiger charge is -2.37. The van der Waals surface area contributed by atoms with Crippen LogP contribution in [-0.4, -0.2) is 97.9 Å². The lowest BCUT2D eigenvalue weighted by molar-refractivity contribution is -0.116. The standard InChI is InChI=1S/C18H34N8O3/c1-4-14(2)25-6-8-26(9-7-25)17-21-16(24(3)13-15(20)27)22-18(23-17)29-12-11-28-10-5-19/h14H,4-13,19H2,1-3H3,(H2,20,27). The Morgan fingerprint density at radius 2 is 1.90 bits per heavy atom. The number of carbonyl (C=O) groups is 1. The van der Waals surface area contributed by atoms with Crippen LogP contribution in [0.5, 0.6) is 6.01 Å². The first-order valence-corrected chi connectivity index (χ1v) is 10.1. The van der Waals surface area contributed by atoms with Gasteiger partial charge in [0.05, 0.1) is 19.8 Å². The van der Waals surface area contributed by atoms with Gasteiger partial charge in [0, 0.05) is 45.8 Å². The van der Waals surface area contributed by atoms with E-state index in [0.29, 0.717) is 44.3 Å². The number of piperazine rings is 1. The van der Waals surface area contributed by atoms with Crippen LogP contribution in [0.3, 0.4) is 0 Å². The van der Waals surface area contributed by atoms with E-state index in [9.17, 15) is 4.79 Å². The highest BCUT2D eigenvalue weighted by atomic mass is 16.5. The van der Waals surface area contributed by atoms with Gasteiger partial charge in [0.15, 0.2) is 0 Å². The van der Waals surface area contributed by atoms with Gasteiger partial charge in [0.25, 0.3) is 0 Å². The number of amides is 1. The van der Waals surface area contributed by atoms with Crippen LogP contribution < -0.4 is 26.0 Å². The average Bonchev–Trinajstić information content (AvgIpc) is 2.72. The summed E-state index contributed by atoms with van der Waals surface area (Å²) in [5.41, 5.74) is 10.7. The Labute approximate surface area is 172 Å². The largest absolute Gasteiger partial charge is 0.461 e. The highest BCUT2D eigenvalue weighted by Gasteiger charge is 2.23. The molecule has 1 fully saturated rings. The summed E-state index contributed by atoms with van der Waals surface area (Å²) in [6.07, 6.45) is 1.12. The van der Waals surface area contributed by atoms with Gasteiger partial charge in [-0.25, -0.2) is 0 Å². The molecule has 0 spiro atoms. The molecule has 164 valence electrons. The molecule has 1 aliphatic heterocycles. The fraction of sp³-hybridized carbons (Fsp3) is 0.778. The molecule has 0 radical (unpaired) electrons. The second kappa shape index (κ2) is 11.7. The molecule has 0 aliphatic carbocycles. The van der Waals surface area contributed by atoms with Crippen LogP contribution in [0.2, 0.25) is 0 Å². The molecule has 0 bridgehead atoms. The second-order valence-corrected chi connectivity index (χ2v) is 7.07. The van der Waals surface area contributed by atoms with E-state index in [1.54, 1.807) is 11.9 Å². The zero-order valence-corrected chi connectivity index (χ0v) is 17.7. The summed E-state index contributed by atoms with van der Waals surface area (Å²) in [6, 6.07) is 0.752. The Kier molecular flexibility index (Phi) is 9.29. The van der Waals surface area contributed by atoms with E-state index in [2.05, 4.69) is 38.6 Å². The molecule has 1 aliphatic rings. The first-order valence-electron chi connectivity index (χ1n) is 10.1.